The molecule has 1 aliphatic heterocycles. The highest BCUT2D eigenvalue weighted by Gasteiger charge is 2.26. The first-order chi connectivity index (χ1) is 13.8. The Morgan fingerprint density at radius 3 is 2.79 bits per heavy atom. The van der Waals surface area contributed by atoms with E-state index in [4.69, 9.17) is 9.26 Å². The van der Waals surface area contributed by atoms with Gasteiger partial charge >= 0.3 is 0 Å². The first kappa shape index (κ1) is 18.7. The summed E-state index contributed by atoms with van der Waals surface area (Å²) in [4.78, 5) is 2.53. The second kappa shape index (κ2) is 8.61. The second-order valence-electron chi connectivity index (χ2n) is 7.38. The molecule has 1 fully saturated rings. The van der Waals surface area contributed by atoms with Gasteiger partial charge in [0, 0.05) is 36.5 Å². The number of likely N-dealkylation sites (tertiary alicyclic amines) is 1. The molecule has 3 heterocycles. The van der Waals surface area contributed by atoms with Crippen molar-refractivity contribution in [2.24, 2.45) is 0 Å². The molecule has 6 nitrogen and oxygen atoms in total. The molecule has 0 radical (unpaired) electrons. The van der Waals surface area contributed by atoms with Crippen LogP contribution in [0.2, 0.25) is 0 Å². The van der Waals surface area contributed by atoms with E-state index in [2.05, 4.69) is 34.3 Å². The van der Waals surface area contributed by atoms with Gasteiger partial charge in [0.1, 0.15) is 11.4 Å². The third kappa shape index (κ3) is 4.12. The summed E-state index contributed by atoms with van der Waals surface area (Å²) in [7, 11) is 1.67. The van der Waals surface area contributed by atoms with Gasteiger partial charge in [-0.15, -0.1) is 0 Å². The van der Waals surface area contributed by atoms with Crippen molar-refractivity contribution in [1.29, 1.82) is 0 Å². The van der Waals surface area contributed by atoms with Crippen LogP contribution >= 0.6 is 0 Å². The van der Waals surface area contributed by atoms with Crippen molar-refractivity contribution in [2.75, 3.05) is 13.7 Å². The average Bonchev–Trinajstić information content (AvgIpc) is 3.34. The van der Waals surface area contributed by atoms with Gasteiger partial charge in [-0.2, -0.15) is 5.10 Å². The highest BCUT2D eigenvalue weighted by atomic mass is 16.5. The van der Waals surface area contributed by atoms with Crippen molar-refractivity contribution < 1.29 is 9.26 Å². The van der Waals surface area contributed by atoms with Crippen molar-refractivity contribution in [3.63, 3.8) is 0 Å². The van der Waals surface area contributed by atoms with E-state index in [0.29, 0.717) is 0 Å². The van der Waals surface area contributed by atoms with E-state index in [1.807, 2.05) is 35.1 Å². The first-order valence-electron chi connectivity index (χ1n) is 10.1. The Bertz CT molecular complexity index is 884. The van der Waals surface area contributed by atoms with Crippen LogP contribution < -0.4 is 4.74 Å². The van der Waals surface area contributed by atoms with E-state index in [9.17, 15) is 0 Å². The maximum atomic E-state index is 5.70. The standard InChI is InChI=1S/C22H28N4O2/c1-3-26-16-17(14-23-26)15-25-12-6-4-5-7-21(25)20-13-22(28-24-20)18-8-10-19(27-2)11-9-18/h8-11,13-14,16,21H,3-7,12,15H2,1-2H3. The van der Waals surface area contributed by atoms with Gasteiger partial charge in [-0.1, -0.05) is 18.0 Å². The third-order valence-corrected chi connectivity index (χ3v) is 5.50. The Balaban J connectivity index is 1.54. The van der Waals surface area contributed by atoms with Crippen LogP contribution in [0.3, 0.4) is 0 Å². The molecule has 0 spiro atoms. The Hall–Kier alpha value is -2.60. The normalized spacial score (nSPS) is 18.1. The predicted octanol–water partition coefficient (Wildman–Crippen LogP) is 4.68. The Kier molecular flexibility index (Phi) is 5.76. The van der Waals surface area contributed by atoms with Gasteiger partial charge in [-0.25, -0.2) is 0 Å². The maximum absolute atomic E-state index is 5.70. The molecule has 0 amide bonds. The van der Waals surface area contributed by atoms with Crippen LogP contribution in [0.25, 0.3) is 11.3 Å². The van der Waals surface area contributed by atoms with Crippen LogP contribution in [0, 0.1) is 0 Å². The minimum Gasteiger partial charge on any atom is -0.497 e. The number of rotatable bonds is 6. The summed E-state index contributed by atoms with van der Waals surface area (Å²) in [5, 5.41) is 8.87. The van der Waals surface area contributed by atoms with Crippen LogP contribution in [-0.4, -0.2) is 33.5 Å². The summed E-state index contributed by atoms with van der Waals surface area (Å²) < 4.78 is 12.9. The van der Waals surface area contributed by atoms with E-state index < -0.39 is 0 Å². The molecule has 6 heteroatoms. The number of ether oxygens (including phenoxy) is 1. The molecule has 1 aromatic carbocycles. The molecule has 28 heavy (non-hydrogen) atoms. The smallest absolute Gasteiger partial charge is 0.167 e. The van der Waals surface area contributed by atoms with Crippen LogP contribution in [-0.2, 0) is 13.1 Å². The number of hydrogen-bond donors (Lipinski definition) is 0. The van der Waals surface area contributed by atoms with E-state index in [1.54, 1.807) is 7.11 Å². The fraction of sp³-hybridized carbons (Fsp3) is 0.455. The molecule has 1 atom stereocenters. The number of nitrogens with zero attached hydrogens (tertiary/aromatic N) is 4. The molecule has 3 aromatic rings. The minimum atomic E-state index is 0.281. The average molecular weight is 380 g/mol. The lowest BCUT2D eigenvalue weighted by molar-refractivity contribution is 0.184. The topological polar surface area (TPSA) is 56.3 Å². The maximum Gasteiger partial charge on any atom is 0.167 e. The van der Waals surface area contributed by atoms with Gasteiger partial charge < -0.3 is 9.26 Å². The SMILES string of the molecule is CCn1cc(CN2CCCCCC2c2cc(-c3ccc(OC)cc3)on2)cn1. The number of aromatic nitrogens is 3. The third-order valence-electron chi connectivity index (χ3n) is 5.50. The Morgan fingerprint density at radius 2 is 2.04 bits per heavy atom. The van der Waals surface area contributed by atoms with E-state index in [1.165, 1.54) is 24.8 Å². The highest BCUT2D eigenvalue weighted by Crippen LogP contribution is 2.33. The summed E-state index contributed by atoms with van der Waals surface area (Å²) in [5.41, 5.74) is 3.30. The van der Waals surface area contributed by atoms with E-state index in [0.717, 1.165) is 48.8 Å². The van der Waals surface area contributed by atoms with Gasteiger partial charge in [0.25, 0.3) is 0 Å². The number of benzene rings is 1. The lowest BCUT2D eigenvalue weighted by atomic mass is 10.0. The molecule has 0 bridgehead atoms. The monoisotopic (exact) mass is 380 g/mol. The molecular formula is C22H28N4O2. The van der Waals surface area contributed by atoms with Crippen LogP contribution in [0.1, 0.15) is 49.9 Å². The molecule has 0 N–H and O–H groups in total. The van der Waals surface area contributed by atoms with Gasteiger partial charge in [-0.05, 0) is 50.6 Å². The Labute approximate surface area is 166 Å². The molecular weight excluding hydrogens is 352 g/mol. The van der Waals surface area contributed by atoms with Gasteiger partial charge in [0.05, 0.1) is 19.3 Å². The van der Waals surface area contributed by atoms with Crippen molar-refractivity contribution in [1.82, 2.24) is 19.8 Å². The molecule has 0 aliphatic carbocycles. The van der Waals surface area contributed by atoms with Crippen molar-refractivity contribution in [3.8, 4) is 17.1 Å². The van der Waals surface area contributed by atoms with Gasteiger partial charge in [0.2, 0.25) is 0 Å². The number of methoxy groups -OCH3 is 1. The summed E-state index contributed by atoms with van der Waals surface area (Å²) in [6, 6.07) is 10.3. The predicted molar refractivity (Wildman–Crippen MR) is 108 cm³/mol. The number of aryl methyl sites for hydroxylation is 1. The Morgan fingerprint density at radius 1 is 1.18 bits per heavy atom. The second-order valence-corrected chi connectivity index (χ2v) is 7.38. The first-order valence-corrected chi connectivity index (χ1v) is 10.1. The molecule has 2 aromatic heterocycles. The van der Waals surface area contributed by atoms with Gasteiger partial charge in [0.15, 0.2) is 5.76 Å². The summed E-state index contributed by atoms with van der Waals surface area (Å²) in [6.45, 7) is 4.99. The number of hydrogen-bond acceptors (Lipinski definition) is 5. The minimum absolute atomic E-state index is 0.281. The molecule has 1 saturated heterocycles. The molecule has 1 aliphatic rings. The largest absolute Gasteiger partial charge is 0.497 e. The summed E-state index contributed by atoms with van der Waals surface area (Å²) in [6.07, 6.45) is 8.95. The molecule has 1 unspecified atom stereocenters. The summed E-state index contributed by atoms with van der Waals surface area (Å²) >= 11 is 0. The van der Waals surface area contributed by atoms with Crippen LogP contribution in [0.15, 0.2) is 47.2 Å². The van der Waals surface area contributed by atoms with Crippen molar-refractivity contribution >= 4 is 0 Å². The van der Waals surface area contributed by atoms with Gasteiger partial charge in [-0.3, -0.25) is 9.58 Å². The van der Waals surface area contributed by atoms with E-state index in [-0.39, 0.29) is 6.04 Å². The lowest BCUT2D eigenvalue weighted by Gasteiger charge is -2.27. The lowest BCUT2D eigenvalue weighted by Crippen LogP contribution is -2.28. The zero-order valence-corrected chi connectivity index (χ0v) is 16.7. The van der Waals surface area contributed by atoms with E-state index >= 15 is 0 Å². The quantitative estimate of drug-likeness (QED) is 0.621. The van der Waals surface area contributed by atoms with Crippen molar-refractivity contribution in [3.05, 3.63) is 54.0 Å². The molecule has 0 saturated carbocycles. The fourth-order valence-electron chi connectivity index (χ4n) is 3.92. The van der Waals surface area contributed by atoms with Crippen LogP contribution in [0.4, 0.5) is 0 Å². The zero-order valence-electron chi connectivity index (χ0n) is 16.7. The molecule has 4 rings (SSSR count). The zero-order chi connectivity index (χ0) is 19.3. The highest BCUT2D eigenvalue weighted by molar-refractivity contribution is 5.58. The van der Waals surface area contributed by atoms with Crippen LogP contribution in [0.5, 0.6) is 5.75 Å². The molecule has 148 valence electrons. The summed E-state index contributed by atoms with van der Waals surface area (Å²) in [5.74, 6) is 1.65. The fourth-order valence-corrected chi connectivity index (χ4v) is 3.92. The van der Waals surface area contributed by atoms with Crippen molar-refractivity contribution in [2.45, 2.75) is 51.7 Å².